The van der Waals surface area contributed by atoms with Crippen LogP contribution in [0.15, 0.2) is 0 Å². The van der Waals surface area contributed by atoms with Crippen molar-refractivity contribution >= 4 is 5.91 Å². The molecule has 2 heterocycles. The van der Waals surface area contributed by atoms with Crippen molar-refractivity contribution in [1.82, 2.24) is 20.8 Å². The number of fused-ring (bicyclic) bond motifs is 1. The minimum absolute atomic E-state index is 0.0587. The highest BCUT2D eigenvalue weighted by Crippen LogP contribution is 2.24. The van der Waals surface area contributed by atoms with Crippen LogP contribution < -0.4 is 16.4 Å². The molecular formula is C14H23N5O. The summed E-state index contributed by atoms with van der Waals surface area (Å²) in [5.41, 5.74) is 8.48. The van der Waals surface area contributed by atoms with Crippen molar-refractivity contribution in [3.63, 3.8) is 0 Å². The van der Waals surface area contributed by atoms with Crippen LogP contribution in [0.2, 0.25) is 0 Å². The Balaban J connectivity index is 1.71. The smallest absolute Gasteiger partial charge is 0.272 e. The number of aromatic amines is 1. The molecule has 6 heteroatoms. The van der Waals surface area contributed by atoms with Gasteiger partial charge in [-0.25, -0.2) is 0 Å². The molecule has 3 rings (SSSR count). The summed E-state index contributed by atoms with van der Waals surface area (Å²) in [6.45, 7) is 2.30. The number of nitrogens with one attached hydrogen (secondary N) is 3. The number of hydrogen-bond donors (Lipinski definition) is 4. The highest BCUT2D eigenvalue weighted by molar-refractivity contribution is 5.94. The second-order valence-electron chi connectivity index (χ2n) is 5.82. The number of H-pyrrole nitrogens is 1. The average molecular weight is 277 g/mol. The number of nitrogens with zero attached hydrogens (tertiary/aromatic N) is 1. The van der Waals surface area contributed by atoms with Crippen LogP contribution in [-0.2, 0) is 13.0 Å². The molecule has 1 saturated carbocycles. The molecule has 2 unspecified atom stereocenters. The zero-order chi connectivity index (χ0) is 13.9. The van der Waals surface area contributed by atoms with Crippen LogP contribution in [0.3, 0.4) is 0 Å². The number of carbonyl (C=O) groups excluding carboxylic acids is 1. The van der Waals surface area contributed by atoms with Crippen LogP contribution in [0.4, 0.5) is 0 Å². The van der Waals surface area contributed by atoms with Gasteiger partial charge in [-0.2, -0.15) is 5.10 Å². The molecule has 0 saturated heterocycles. The maximum atomic E-state index is 12.4. The first-order valence-corrected chi connectivity index (χ1v) is 7.57. The Kier molecular flexibility index (Phi) is 4.03. The number of amides is 1. The highest BCUT2D eigenvalue weighted by Gasteiger charge is 2.28. The Hall–Kier alpha value is -1.40. The van der Waals surface area contributed by atoms with E-state index in [-0.39, 0.29) is 11.9 Å². The fraction of sp³-hybridized carbons (Fsp3) is 0.714. The Morgan fingerprint density at radius 2 is 2.25 bits per heavy atom. The molecule has 0 bridgehead atoms. The van der Waals surface area contributed by atoms with Crippen LogP contribution in [0.25, 0.3) is 0 Å². The summed E-state index contributed by atoms with van der Waals surface area (Å²) in [6, 6.07) is 0.199. The molecular weight excluding hydrogens is 254 g/mol. The fourth-order valence-electron chi connectivity index (χ4n) is 3.33. The van der Waals surface area contributed by atoms with E-state index < -0.39 is 0 Å². The first-order chi connectivity index (χ1) is 9.79. The van der Waals surface area contributed by atoms with Crippen molar-refractivity contribution in [3.8, 4) is 0 Å². The fourth-order valence-corrected chi connectivity index (χ4v) is 3.33. The van der Waals surface area contributed by atoms with E-state index in [4.69, 9.17) is 5.73 Å². The predicted octanol–water partition coefficient (Wildman–Crippen LogP) is 0.303. The topological polar surface area (TPSA) is 95.8 Å². The number of aromatic nitrogens is 2. The summed E-state index contributed by atoms with van der Waals surface area (Å²) in [4.78, 5) is 12.4. The molecule has 1 fully saturated rings. The zero-order valence-electron chi connectivity index (χ0n) is 11.7. The van der Waals surface area contributed by atoms with Gasteiger partial charge in [0.15, 0.2) is 5.69 Å². The molecule has 1 aliphatic carbocycles. The van der Waals surface area contributed by atoms with Gasteiger partial charge < -0.3 is 16.4 Å². The minimum Gasteiger partial charge on any atom is -0.348 e. The minimum atomic E-state index is -0.0587. The van der Waals surface area contributed by atoms with Crippen molar-refractivity contribution in [2.24, 2.45) is 11.7 Å². The van der Waals surface area contributed by atoms with Crippen molar-refractivity contribution in [2.45, 2.75) is 44.7 Å². The van der Waals surface area contributed by atoms with Gasteiger partial charge in [0.1, 0.15) is 0 Å². The number of nitrogens with two attached hydrogens (primary N) is 1. The van der Waals surface area contributed by atoms with Crippen LogP contribution in [0.5, 0.6) is 0 Å². The monoisotopic (exact) mass is 277 g/mol. The van der Waals surface area contributed by atoms with Gasteiger partial charge in [-0.1, -0.05) is 12.8 Å². The molecule has 6 nitrogen and oxygen atoms in total. The molecule has 110 valence electrons. The lowest BCUT2D eigenvalue weighted by molar-refractivity contribution is 0.0901. The van der Waals surface area contributed by atoms with Gasteiger partial charge in [0.2, 0.25) is 0 Å². The van der Waals surface area contributed by atoms with E-state index >= 15 is 0 Å². The van der Waals surface area contributed by atoms with E-state index in [1.165, 1.54) is 12.8 Å². The standard InChI is InChI=1S/C14H23N5O/c15-7-9-3-1-2-4-11(9)17-14(20)13-10-8-16-6-5-12(10)18-19-13/h9,11,16H,1-8,15H2,(H,17,20)(H,18,19). The summed E-state index contributed by atoms with van der Waals surface area (Å²) >= 11 is 0. The Morgan fingerprint density at radius 3 is 3.10 bits per heavy atom. The lowest BCUT2D eigenvalue weighted by Gasteiger charge is -2.31. The molecule has 0 aromatic carbocycles. The lowest BCUT2D eigenvalue weighted by atomic mass is 9.84. The molecule has 0 radical (unpaired) electrons. The van der Waals surface area contributed by atoms with Gasteiger partial charge in [0, 0.05) is 36.8 Å². The number of hydrogen-bond acceptors (Lipinski definition) is 4. The van der Waals surface area contributed by atoms with Crippen molar-refractivity contribution in [2.75, 3.05) is 13.1 Å². The summed E-state index contributed by atoms with van der Waals surface area (Å²) < 4.78 is 0. The zero-order valence-corrected chi connectivity index (χ0v) is 11.7. The molecule has 1 aromatic heterocycles. The molecule has 1 amide bonds. The van der Waals surface area contributed by atoms with Gasteiger partial charge in [0.25, 0.3) is 5.91 Å². The maximum Gasteiger partial charge on any atom is 0.272 e. The van der Waals surface area contributed by atoms with Gasteiger partial charge in [-0.3, -0.25) is 9.89 Å². The van der Waals surface area contributed by atoms with Crippen LogP contribution >= 0.6 is 0 Å². The predicted molar refractivity (Wildman–Crippen MR) is 76.3 cm³/mol. The third-order valence-corrected chi connectivity index (χ3v) is 4.55. The SMILES string of the molecule is NCC1CCCCC1NC(=O)c1n[nH]c2c1CNCC2. The number of carbonyl (C=O) groups is 1. The van der Waals surface area contributed by atoms with E-state index in [2.05, 4.69) is 20.8 Å². The maximum absolute atomic E-state index is 12.4. The van der Waals surface area contributed by atoms with Gasteiger partial charge >= 0.3 is 0 Å². The van der Waals surface area contributed by atoms with Gasteiger partial charge in [-0.15, -0.1) is 0 Å². The normalized spacial score (nSPS) is 26.1. The Morgan fingerprint density at radius 1 is 1.40 bits per heavy atom. The van der Waals surface area contributed by atoms with Crippen molar-refractivity contribution < 1.29 is 4.79 Å². The third kappa shape index (κ3) is 2.58. The molecule has 20 heavy (non-hydrogen) atoms. The Bertz CT molecular complexity index is 484. The van der Waals surface area contributed by atoms with Gasteiger partial charge in [0.05, 0.1) is 0 Å². The quantitative estimate of drug-likeness (QED) is 0.639. The number of rotatable bonds is 3. The molecule has 1 aromatic rings. The summed E-state index contributed by atoms with van der Waals surface area (Å²) in [7, 11) is 0. The first-order valence-electron chi connectivity index (χ1n) is 7.57. The molecule has 5 N–H and O–H groups in total. The molecule has 2 aliphatic rings. The second-order valence-corrected chi connectivity index (χ2v) is 5.82. The lowest BCUT2D eigenvalue weighted by Crippen LogP contribution is -2.45. The molecule has 1 aliphatic heterocycles. The van der Waals surface area contributed by atoms with E-state index in [1.54, 1.807) is 0 Å². The van der Waals surface area contributed by atoms with Crippen molar-refractivity contribution in [3.05, 3.63) is 17.0 Å². The van der Waals surface area contributed by atoms with Crippen LogP contribution in [0, 0.1) is 5.92 Å². The van der Waals surface area contributed by atoms with Gasteiger partial charge in [-0.05, 0) is 25.3 Å². The first kappa shape index (κ1) is 13.6. The van der Waals surface area contributed by atoms with E-state index in [0.717, 1.165) is 43.6 Å². The molecule has 2 atom stereocenters. The van der Waals surface area contributed by atoms with Crippen LogP contribution in [-0.4, -0.2) is 35.2 Å². The molecule has 0 spiro atoms. The van der Waals surface area contributed by atoms with E-state index in [0.29, 0.717) is 18.2 Å². The average Bonchev–Trinajstić information content (AvgIpc) is 2.92. The van der Waals surface area contributed by atoms with E-state index in [9.17, 15) is 4.79 Å². The second kappa shape index (κ2) is 5.93. The van der Waals surface area contributed by atoms with Crippen molar-refractivity contribution in [1.29, 1.82) is 0 Å². The van der Waals surface area contributed by atoms with Crippen LogP contribution in [0.1, 0.15) is 47.4 Å². The Labute approximate surface area is 118 Å². The third-order valence-electron chi connectivity index (χ3n) is 4.55. The summed E-state index contributed by atoms with van der Waals surface area (Å²) in [5.74, 6) is 0.345. The highest BCUT2D eigenvalue weighted by atomic mass is 16.2. The largest absolute Gasteiger partial charge is 0.348 e. The summed E-state index contributed by atoms with van der Waals surface area (Å²) in [5, 5.41) is 13.6. The van der Waals surface area contributed by atoms with E-state index in [1.807, 2.05) is 0 Å². The summed E-state index contributed by atoms with van der Waals surface area (Å²) in [6.07, 6.45) is 5.43.